The average molecular weight is 332 g/mol. The molecule has 0 aliphatic carbocycles. The summed E-state index contributed by atoms with van der Waals surface area (Å²) >= 11 is 0. The van der Waals surface area contributed by atoms with Gasteiger partial charge in [0.1, 0.15) is 6.04 Å². The minimum Gasteiger partial charge on any atom is -0.368 e. The van der Waals surface area contributed by atoms with E-state index in [1.165, 1.54) is 6.26 Å². The predicted molar refractivity (Wildman–Crippen MR) is 89.5 cm³/mol. The Labute approximate surface area is 136 Å². The number of nitrogens with two attached hydrogens (primary N) is 1. The number of rotatable bonds is 6. The van der Waals surface area contributed by atoms with Gasteiger partial charge in [0.25, 0.3) is 0 Å². The van der Waals surface area contributed by atoms with Gasteiger partial charge < -0.3 is 5.73 Å². The Morgan fingerprint density at radius 1 is 1.00 bits per heavy atom. The van der Waals surface area contributed by atoms with Gasteiger partial charge in [-0.15, -0.1) is 0 Å². The van der Waals surface area contributed by atoms with Crippen molar-refractivity contribution in [3.63, 3.8) is 0 Å². The molecule has 0 spiro atoms. The molecule has 0 aliphatic heterocycles. The van der Waals surface area contributed by atoms with Crippen molar-refractivity contribution < 1.29 is 13.2 Å². The highest BCUT2D eigenvalue weighted by Gasteiger charge is 2.20. The summed E-state index contributed by atoms with van der Waals surface area (Å²) in [4.78, 5) is 12.0. The summed E-state index contributed by atoms with van der Waals surface area (Å²) in [6.07, 6.45) is 1.17. The standard InChI is InChI=1S/C17H20N2O3S/c1-12(13-8-10-15(11-9-13)23(2,21)22)19-16(17(18)20)14-6-4-3-5-7-14/h3-12,16,19H,1-2H3,(H2,18,20)/t12-,16+/m1/s1. The fraction of sp³-hybridized carbons (Fsp3) is 0.235. The third-order valence-corrected chi connectivity index (χ3v) is 4.77. The fourth-order valence-corrected chi connectivity index (χ4v) is 2.97. The number of hydrogen-bond acceptors (Lipinski definition) is 4. The smallest absolute Gasteiger partial charge is 0.239 e. The van der Waals surface area contributed by atoms with Crippen LogP contribution in [-0.4, -0.2) is 20.6 Å². The summed E-state index contributed by atoms with van der Waals surface area (Å²) in [5.74, 6) is -0.462. The van der Waals surface area contributed by atoms with Crippen molar-refractivity contribution in [1.29, 1.82) is 0 Å². The van der Waals surface area contributed by atoms with Crippen LogP contribution in [0.4, 0.5) is 0 Å². The maximum Gasteiger partial charge on any atom is 0.239 e. The molecule has 3 N–H and O–H groups in total. The normalized spacial score (nSPS) is 14.2. The lowest BCUT2D eigenvalue weighted by molar-refractivity contribution is -0.120. The topological polar surface area (TPSA) is 89.3 Å². The van der Waals surface area contributed by atoms with Crippen molar-refractivity contribution in [2.24, 2.45) is 5.73 Å². The molecule has 5 nitrogen and oxygen atoms in total. The van der Waals surface area contributed by atoms with Gasteiger partial charge in [-0.2, -0.15) is 0 Å². The first kappa shape index (κ1) is 17.2. The first-order valence-electron chi connectivity index (χ1n) is 7.19. The predicted octanol–water partition coefficient (Wildman–Crippen LogP) is 1.97. The third-order valence-electron chi connectivity index (χ3n) is 3.64. The Morgan fingerprint density at radius 3 is 2.04 bits per heavy atom. The number of hydrogen-bond donors (Lipinski definition) is 2. The number of amides is 1. The van der Waals surface area contributed by atoms with Crippen LogP contribution in [0.15, 0.2) is 59.5 Å². The maximum atomic E-state index is 11.7. The highest BCUT2D eigenvalue weighted by molar-refractivity contribution is 7.90. The zero-order valence-electron chi connectivity index (χ0n) is 13.1. The van der Waals surface area contributed by atoms with Crippen molar-refractivity contribution in [3.8, 4) is 0 Å². The summed E-state index contributed by atoms with van der Waals surface area (Å²) in [5, 5.41) is 3.18. The zero-order valence-corrected chi connectivity index (χ0v) is 13.9. The lowest BCUT2D eigenvalue weighted by Crippen LogP contribution is -2.35. The molecule has 1 amide bonds. The Balaban J connectivity index is 2.19. The molecule has 0 unspecified atom stereocenters. The fourth-order valence-electron chi connectivity index (χ4n) is 2.34. The average Bonchev–Trinajstić information content (AvgIpc) is 2.52. The molecule has 0 fully saturated rings. The summed E-state index contributed by atoms with van der Waals surface area (Å²) in [6, 6.07) is 15.0. The van der Waals surface area contributed by atoms with Crippen LogP contribution in [0.25, 0.3) is 0 Å². The second kappa shape index (κ2) is 6.93. The van der Waals surface area contributed by atoms with E-state index < -0.39 is 21.8 Å². The third kappa shape index (κ3) is 4.40. The first-order chi connectivity index (χ1) is 10.8. The van der Waals surface area contributed by atoms with E-state index >= 15 is 0 Å². The molecule has 2 atom stereocenters. The number of primary amides is 1. The lowest BCUT2D eigenvalue weighted by atomic mass is 10.0. The molecule has 122 valence electrons. The second-order valence-electron chi connectivity index (χ2n) is 5.48. The molecule has 0 aliphatic rings. The van der Waals surface area contributed by atoms with Gasteiger partial charge >= 0.3 is 0 Å². The van der Waals surface area contributed by atoms with Crippen molar-refractivity contribution in [2.75, 3.05) is 6.26 Å². The molecule has 0 bridgehead atoms. The van der Waals surface area contributed by atoms with E-state index in [0.717, 1.165) is 11.1 Å². The van der Waals surface area contributed by atoms with Gasteiger partial charge in [0.05, 0.1) is 4.90 Å². The van der Waals surface area contributed by atoms with E-state index in [1.54, 1.807) is 24.3 Å². The van der Waals surface area contributed by atoms with Crippen LogP contribution >= 0.6 is 0 Å². The molecular formula is C17H20N2O3S. The Kier molecular flexibility index (Phi) is 5.18. The van der Waals surface area contributed by atoms with Crippen molar-refractivity contribution in [3.05, 3.63) is 65.7 Å². The Hall–Kier alpha value is -2.18. The second-order valence-corrected chi connectivity index (χ2v) is 7.49. The van der Waals surface area contributed by atoms with Gasteiger partial charge in [0, 0.05) is 12.3 Å². The number of carbonyl (C=O) groups excluding carboxylic acids is 1. The molecular weight excluding hydrogens is 312 g/mol. The molecule has 0 radical (unpaired) electrons. The van der Waals surface area contributed by atoms with Crippen LogP contribution in [0.1, 0.15) is 30.1 Å². The van der Waals surface area contributed by atoms with Crippen LogP contribution in [0, 0.1) is 0 Å². The van der Waals surface area contributed by atoms with Gasteiger partial charge in [0.2, 0.25) is 5.91 Å². The summed E-state index contributed by atoms with van der Waals surface area (Å²) in [6.45, 7) is 1.90. The quantitative estimate of drug-likeness (QED) is 0.846. The minimum absolute atomic E-state index is 0.165. The van der Waals surface area contributed by atoms with Crippen LogP contribution in [0.5, 0.6) is 0 Å². The summed E-state index contributed by atoms with van der Waals surface area (Å²) in [5.41, 5.74) is 7.16. The van der Waals surface area contributed by atoms with Gasteiger partial charge in [-0.25, -0.2) is 8.42 Å². The number of sulfone groups is 1. The zero-order chi connectivity index (χ0) is 17.0. The highest BCUT2D eigenvalue weighted by Crippen LogP contribution is 2.21. The van der Waals surface area contributed by atoms with Crippen molar-refractivity contribution >= 4 is 15.7 Å². The molecule has 0 heterocycles. The van der Waals surface area contributed by atoms with Gasteiger partial charge in [0.15, 0.2) is 9.84 Å². The van der Waals surface area contributed by atoms with Gasteiger partial charge in [-0.1, -0.05) is 42.5 Å². The van der Waals surface area contributed by atoms with Crippen molar-refractivity contribution in [2.45, 2.75) is 23.9 Å². The highest BCUT2D eigenvalue weighted by atomic mass is 32.2. The molecule has 2 aromatic carbocycles. The van der Waals surface area contributed by atoms with Crippen LogP contribution in [0.3, 0.4) is 0 Å². The van der Waals surface area contributed by atoms with Crippen LogP contribution in [-0.2, 0) is 14.6 Å². The molecule has 0 saturated carbocycles. The molecule has 2 rings (SSSR count). The monoisotopic (exact) mass is 332 g/mol. The van der Waals surface area contributed by atoms with E-state index in [-0.39, 0.29) is 10.9 Å². The molecule has 23 heavy (non-hydrogen) atoms. The van der Waals surface area contributed by atoms with E-state index in [2.05, 4.69) is 5.32 Å². The molecule has 2 aromatic rings. The minimum atomic E-state index is -3.22. The Morgan fingerprint density at radius 2 is 1.57 bits per heavy atom. The summed E-state index contributed by atoms with van der Waals surface area (Å²) < 4.78 is 23.0. The number of benzene rings is 2. The Bertz CT molecular complexity index is 771. The van der Waals surface area contributed by atoms with E-state index in [4.69, 9.17) is 5.73 Å². The maximum absolute atomic E-state index is 11.7. The van der Waals surface area contributed by atoms with Gasteiger partial charge in [-0.05, 0) is 30.2 Å². The SMILES string of the molecule is C[C@@H](N[C@H](C(N)=O)c1ccccc1)c1ccc(S(C)(=O)=O)cc1. The van der Waals surface area contributed by atoms with E-state index in [0.29, 0.717) is 0 Å². The van der Waals surface area contributed by atoms with Crippen LogP contribution in [0.2, 0.25) is 0 Å². The number of carbonyl (C=O) groups is 1. The number of nitrogens with one attached hydrogen (secondary N) is 1. The first-order valence-corrected chi connectivity index (χ1v) is 9.08. The van der Waals surface area contributed by atoms with Crippen LogP contribution < -0.4 is 11.1 Å². The van der Waals surface area contributed by atoms with Crippen molar-refractivity contribution in [1.82, 2.24) is 5.32 Å². The molecule has 0 aromatic heterocycles. The van der Waals surface area contributed by atoms with E-state index in [9.17, 15) is 13.2 Å². The molecule has 6 heteroatoms. The molecule has 0 saturated heterocycles. The van der Waals surface area contributed by atoms with Gasteiger partial charge in [-0.3, -0.25) is 10.1 Å². The lowest BCUT2D eigenvalue weighted by Gasteiger charge is -2.21. The van der Waals surface area contributed by atoms with E-state index in [1.807, 2.05) is 37.3 Å². The largest absolute Gasteiger partial charge is 0.368 e. The summed E-state index contributed by atoms with van der Waals surface area (Å²) in [7, 11) is -3.22.